The number of ether oxygens (including phenoxy) is 1. The Labute approximate surface area is 140 Å². The highest BCUT2D eigenvalue weighted by Crippen LogP contribution is 2.16. The standard InChI is InChI=1S/C18H21NO5/c1-12-6-3-4-7-16(12)23-9-5-8-17(20)19-11-14-10-15(18(21)22)13(2)24-14/h3-4,6-7,10H,5,8-9,11H2,1-2H3,(H,19,20)(H,21,22). The molecule has 0 spiro atoms. The number of carbonyl (C=O) groups is 2. The highest BCUT2D eigenvalue weighted by atomic mass is 16.5. The molecule has 0 unspecified atom stereocenters. The summed E-state index contributed by atoms with van der Waals surface area (Å²) in [6, 6.07) is 9.15. The number of carboxylic acids is 1. The van der Waals surface area contributed by atoms with Crippen LogP contribution in [0.2, 0.25) is 0 Å². The van der Waals surface area contributed by atoms with Crippen molar-refractivity contribution in [2.45, 2.75) is 33.2 Å². The van der Waals surface area contributed by atoms with Gasteiger partial charge in [-0.3, -0.25) is 4.79 Å². The first-order chi connectivity index (χ1) is 11.5. The number of rotatable bonds is 8. The highest BCUT2D eigenvalue weighted by molar-refractivity contribution is 5.88. The van der Waals surface area contributed by atoms with Crippen molar-refractivity contribution in [2.24, 2.45) is 0 Å². The van der Waals surface area contributed by atoms with Crippen molar-refractivity contribution in [3.63, 3.8) is 0 Å². The van der Waals surface area contributed by atoms with E-state index in [0.717, 1.165) is 11.3 Å². The van der Waals surface area contributed by atoms with Crippen LogP contribution in [0, 0.1) is 13.8 Å². The maximum atomic E-state index is 11.8. The van der Waals surface area contributed by atoms with Crippen molar-refractivity contribution in [1.82, 2.24) is 5.32 Å². The molecule has 2 rings (SSSR count). The van der Waals surface area contributed by atoms with E-state index in [1.165, 1.54) is 6.07 Å². The third kappa shape index (κ3) is 4.87. The Hall–Kier alpha value is -2.76. The van der Waals surface area contributed by atoms with Gasteiger partial charge in [-0.2, -0.15) is 0 Å². The molecule has 0 saturated carbocycles. The molecular weight excluding hydrogens is 310 g/mol. The molecule has 6 heteroatoms. The molecule has 2 N–H and O–H groups in total. The van der Waals surface area contributed by atoms with Gasteiger partial charge in [-0.1, -0.05) is 18.2 Å². The zero-order valence-corrected chi connectivity index (χ0v) is 13.8. The molecule has 1 aromatic heterocycles. The SMILES string of the molecule is Cc1ccccc1OCCCC(=O)NCc1cc(C(=O)O)c(C)o1. The first kappa shape index (κ1) is 17.6. The third-order valence-electron chi connectivity index (χ3n) is 3.56. The van der Waals surface area contributed by atoms with Gasteiger partial charge >= 0.3 is 5.97 Å². The number of para-hydroxylation sites is 1. The molecule has 0 aliphatic heterocycles. The fourth-order valence-electron chi connectivity index (χ4n) is 2.25. The van der Waals surface area contributed by atoms with Crippen LogP contribution in [0.25, 0.3) is 0 Å². The second-order valence-corrected chi connectivity index (χ2v) is 5.48. The lowest BCUT2D eigenvalue weighted by Crippen LogP contribution is -2.22. The number of furan rings is 1. The van der Waals surface area contributed by atoms with Gasteiger partial charge in [0.25, 0.3) is 0 Å². The first-order valence-corrected chi connectivity index (χ1v) is 7.75. The summed E-state index contributed by atoms with van der Waals surface area (Å²) in [6.45, 7) is 4.18. The molecule has 0 saturated heterocycles. The minimum absolute atomic E-state index is 0.117. The van der Waals surface area contributed by atoms with Crippen LogP contribution >= 0.6 is 0 Å². The Kier molecular flexibility index (Phi) is 6.01. The van der Waals surface area contributed by atoms with Crippen molar-refractivity contribution in [3.8, 4) is 5.75 Å². The highest BCUT2D eigenvalue weighted by Gasteiger charge is 2.14. The molecule has 24 heavy (non-hydrogen) atoms. The summed E-state index contributed by atoms with van der Waals surface area (Å²) in [4.78, 5) is 22.7. The van der Waals surface area contributed by atoms with Gasteiger partial charge in [0, 0.05) is 6.42 Å². The topological polar surface area (TPSA) is 88.8 Å². The zero-order valence-electron chi connectivity index (χ0n) is 13.8. The molecular formula is C18H21NO5. The molecule has 128 valence electrons. The number of hydrogen-bond acceptors (Lipinski definition) is 4. The van der Waals surface area contributed by atoms with Gasteiger partial charge in [-0.15, -0.1) is 0 Å². The van der Waals surface area contributed by atoms with Gasteiger partial charge in [0.1, 0.15) is 22.8 Å². The number of amides is 1. The van der Waals surface area contributed by atoms with Gasteiger partial charge in [-0.05, 0) is 38.0 Å². The summed E-state index contributed by atoms with van der Waals surface area (Å²) in [5, 5.41) is 11.7. The van der Waals surface area contributed by atoms with Crippen molar-refractivity contribution >= 4 is 11.9 Å². The quantitative estimate of drug-likeness (QED) is 0.726. The van der Waals surface area contributed by atoms with Crippen LogP contribution < -0.4 is 10.1 Å². The van der Waals surface area contributed by atoms with Gasteiger partial charge in [-0.25, -0.2) is 4.79 Å². The molecule has 1 aromatic carbocycles. The largest absolute Gasteiger partial charge is 0.493 e. The van der Waals surface area contributed by atoms with Gasteiger partial charge in [0.2, 0.25) is 5.91 Å². The molecule has 0 radical (unpaired) electrons. The fraction of sp³-hybridized carbons (Fsp3) is 0.333. The molecule has 6 nitrogen and oxygen atoms in total. The van der Waals surface area contributed by atoms with Crippen LogP contribution in [0.3, 0.4) is 0 Å². The Bertz CT molecular complexity index is 720. The summed E-state index contributed by atoms with van der Waals surface area (Å²) >= 11 is 0. The van der Waals surface area contributed by atoms with Gasteiger partial charge in [0.15, 0.2) is 0 Å². The fourth-order valence-corrected chi connectivity index (χ4v) is 2.25. The average molecular weight is 331 g/mol. The van der Waals surface area contributed by atoms with Gasteiger partial charge in [0.05, 0.1) is 13.2 Å². The summed E-state index contributed by atoms with van der Waals surface area (Å²) in [5.41, 5.74) is 1.18. The van der Waals surface area contributed by atoms with Crippen molar-refractivity contribution in [2.75, 3.05) is 6.61 Å². The average Bonchev–Trinajstić information content (AvgIpc) is 2.92. The van der Waals surface area contributed by atoms with Crippen molar-refractivity contribution in [1.29, 1.82) is 0 Å². The Balaban J connectivity index is 1.69. The molecule has 0 bridgehead atoms. The summed E-state index contributed by atoms with van der Waals surface area (Å²) in [6.07, 6.45) is 0.926. The minimum atomic E-state index is -1.04. The van der Waals surface area contributed by atoms with E-state index >= 15 is 0 Å². The number of carbonyl (C=O) groups excluding carboxylic acids is 1. The minimum Gasteiger partial charge on any atom is -0.493 e. The second-order valence-electron chi connectivity index (χ2n) is 5.48. The molecule has 2 aromatic rings. The lowest BCUT2D eigenvalue weighted by Gasteiger charge is -2.08. The number of hydrogen-bond donors (Lipinski definition) is 2. The maximum absolute atomic E-state index is 11.8. The van der Waals surface area contributed by atoms with E-state index < -0.39 is 5.97 Å². The molecule has 1 amide bonds. The van der Waals surface area contributed by atoms with Crippen LogP contribution in [0.1, 0.15) is 40.3 Å². The lowest BCUT2D eigenvalue weighted by molar-refractivity contribution is -0.121. The van der Waals surface area contributed by atoms with E-state index in [9.17, 15) is 9.59 Å². The first-order valence-electron chi connectivity index (χ1n) is 7.75. The predicted octanol–water partition coefficient (Wildman–Crippen LogP) is 3.07. The molecule has 1 heterocycles. The van der Waals surface area contributed by atoms with Crippen LogP contribution in [0.4, 0.5) is 0 Å². The van der Waals surface area contributed by atoms with E-state index in [4.69, 9.17) is 14.3 Å². The van der Waals surface area contributed by atoms with E-state index in [1.807, 2.05) is 31.2 Å². The van der Waals surface area contributed by atoms with Crippen LogP contribution in [-0.2, 0) is 11.3 Å². The second kappa shape index (κ2) is 8.19. The Morgan fingerprint density at radius 3 is 2.67 bits per heavy atom. The third-order valence-corrected chi connectivity index (χ3v) is 3.56. The van der Waals surface area contributed by atoms with Crippen molar-refractivity contribution < 1.29 is 23.8 Å². The van der Waals surface area contributed by atoms with E-state index in [1.54, 1.807) is 6.92 Å². The molecule has 0 atom stereocenters. The maximum Gasteiger partial charge on any atom is 0.339 e. The smallest absolute Gasteiger partial charge is 0.339 e. The Morgan fingerprint density at radius 1 is 1.25 bits per heavy atom. The van der Waals surface area contributed by atoms with Crippen molar-refractivity contribution in [3.05, 3.63) is 53.0 Å². The monoisotopic (exact) mass is 331 g/mol. The van der Waals surface area contributed by atoms with Crippen LogP contribution in [-0.4, -0.2) is 23.6 Å². The normalized spacial score (nSPS) is 10.4. The summed E-state index contributed by atoms with van der Waals surface area (Å²) < 4.78 is 10.9. The van der Waals surface area contributed by atoms with E-state index in [-0.39, 0.29) is 18.0 Å². The lowest BCUT2D eigenvalue weighted by atomic mass is 10.2. The number of nitrogens with one attached hydrogen (secondary N) is 1. The molecule has 0 aliphatic carbocycles. The molecule has 0 aliphatic rings. The summed E-state index contributed by atoms with van der Waals surface area (Å²) in [7, 11) is 0. The molecule has 0 fully saturated rings. The number of aryl methyl sites for hydroxylation is 2. The van der Waals surface area contributed by atoms with E-state index in [2.05, 4.69) is 5.32 Å². The predicted molar refractivity (Wildman–Crippen MR) is 88.2 cm³/mol. The Morgan fingerprint density at radius 2 is 2.00 bits per heavy atom. The zero-order chi connectivity index (χ0) is 17.5. The van der Waals surface area contributed by atoms with Gasteiger partial charge < -0.3 is 19.6 Å². The number of benzene rings is 1. The van der Waals surface area contributed by atoms with Crippen LogP contribution in [0.5, 0.6) is 5.75 Å². The van der Waals surface area contributed by atoms with E-state index in [0.29, 0.717) is 31.0 Å². The number of carboxylic acid groups (broad SMARTS) is 1. The number of aromatic carboxylic acids is 1. The van der Waals surface area contributed by atoms with Crippen LogP contribution in [0.15, 0.2) is 34.7 Å². The summed E-state index contributed by atoms with van der Waals surface area (Å²) in [5.74, 6) is 0.412.